The van der Waals surface area contributed by atoms with Crippen molar-refractivity contribution in [1.82, 2.24) is 14.5 Å². The van der Waals surface area contributed by atoms with Crippen LogP contribution >= 0.6 is 0 Å². The van der Waals surface area contributed by atoms with Crippen LogP contribution in [0.25, 0.3) is 0 Å². The Morgan fingerprint density at radius 1 is 1.43 bits per heavy atom. The van der Waals surface area contributed by atoms with E-state index in [0.717, 1.165) is 0 Å². The molecule has 1 N–H and O–H groups in total. The number of nitriles is 1. The highest BCUT2D eigenvalue weighted by Gasteiger charge is 2.22. The molecule has 0 spiro atoms. The molecule has 0 saturated carbocycles. The van der Waals surface area contributed by atoms with Gasteiger partial charge in [0.25, 0.3) is 5.91 Å². The van der Waals surface area contributed by atoms with Crippen LogP contribution < -0.4 is 5.32 Å². The predicted octanol–water partition coefficient (Wildman–Crippen LogP) is -0.120. The molecule has 0 aliphatic carbocycles. The van der Waals surface area contributed by atoms with Gasteiger partial charge in [-0.15, -0.1) is 0 Å². The highest BCUT2D eigenvalue weighted by Crippen LogP contribution is 2.08. The lowest BCUT2D eigenvalue weighted by atomic mass is 10.2. The molecule has 0 unspecified atom stereocenters. The van der Waals surface area contributed by atoms with E-state index in [0.29, 0.717) is 31.9 Å². The normalized spacial score (nSPS) is 16.9. The lowest BCUT2D eigenvalue weighted by molar-refractivity contribution is -0.117. The van der Waals surface area contributed by atoms with Gasteiger partial charge in [-0.25, -0.2) is 8.42 Å². The smallest absolute Gasteiger partial charge is 0.263 e. The molecule has 1 saturated heterocycles. The Hall–Kier alpha value is -2.31. The molecule has 2 rings (SSSR count). The first kappa shape index (κ1) is 17.1. The minimum Gasteiger partial charge on any atom is -0.467 e. The third kappa shape index (κ3) is 4.84. The molecule has 1 aliphatic rings. The zero-order chi connectivity index (χ0) is 16.9. The first-order chi connectivity index (χ1) is 10.9. The summed E-state index contributed by atoms with van der Waals surface area (Å²) in [5, 5.41) is 11.7. The molecule has 124 valence electrons. The van der Waals surface area contributed by atoms with E-state index in [1.54, 1.807) is 17.0 Å². The van der Waals surface area contributed by atoms with E-state index in [9.17, 15) is 13.2 Å². The largest absolute Gasteiger partial charge is 0.467 e. The van der Waals surface area contributed by atoms with Crippen LogP contribution in [-0.4, -0.2) is 56.0 Å². The van der Waals surface area contributed by atoms with E-state index >= 15 is 0 Å². The fourth-order valence-electron chi connectivity index (χ4n) is 2.16. The Bertz CT molecular complexity index is 710. The molecule has 8 nitrogen and oxygen atoms in total. The Balaban J connectivity index is 1.91. The van der Waals surface area contributed by atoms with E-state index in [1.165, 1.54) is 23.0 Å². The number of nitrogens with zero attached hydrogens (tertiary/aromatic N) is 3. The minimum absolute atomic E-state index is 0.0237. The summed E-state index contributed by atoms with van der Waals surface area (Å²) < 4.78 is 29.4. The van der Waals surface area contributed by atoms with E-state index in [-0.39, 0.29) is 12.1 Å². The van der Waals surface area contributed by atoms with Gasteiger partial charge in [-0.05, 0) is 12.1 Å². The van der Waals surface area contributed by atoms with E-state index in [1.807, 2.05) is 6.07 Å². The average molecular weight is 338 g/mol. The van der Waals surface area contributed by atoms with Crippen LogP contribution in [-0.2, 0) is 21.4 Å². The van der Waals surface area contributed by atoms with Gasteiger partial charge in [-0.2, -0.15) is 9.57 Å². The molecule has 0 aromatic carbocycles. The van der Waals surface area contributed by atoms with Crippen LogP contribution in [0, 0.1) is 11.3 Å². The number of carbonyl (C=O) groups is 1. The summed E-state index contributed by atoms with van der Waals surface area (Å²) in [6, 6.07) is 5.30. The van der Waals surface area contributed by atoms with Crippen molar-refractivity contribution in [3.05, 3.63) is 35.9 Å². The number of piperazine rings is 1. The number of furan rings is 1. The maximum Gasteiger partial charge on any atom is 0.263 e. The number of amides is 1. The average Bonchev–Trinajstić information content (AvgIpc) is 3.03. The standard InChI is InChI=1S/C14H18N4O4S/c1-23(20,21)18-6-4-17(5-7-18)11-12(9-15)14(19)16-10-13-3-2-8-22-13/h2-3,8,11H,4-7,10H2,1H3,(H,16,19)/b12-11-. The van der Waals surface area contributed by atoms with Crippen molar-refractivity contribution in [2.45, 2.75) is 6.54 Å². The Labute approximate surface area is 135 Å². The van der Waals surface area contributed by atoms with Gasteiger partial charge in [0.05, 0.1) is 19.1 Å². The van der Waals surface area contributed by atoms with Crippen molar-refractivity contribution in [3.63, 3.8) is 0 Å². The maximum absolute atomic E-state index is 12.0. The first-order valence-corrected chi connectivity index (χ1v) is 8.86. The number of hydrogen-bond donors (Lipinski definition) is 1. The van der Waals surface area contributed by atoms with Gasteiger partial charge in [-0.3, -0.25) is 4.79 Å². The third-order valence-electron chi connectivity index (χ3n) is 3.42. The molecule has 0 atom stereocenters. The molecule has 23 heavy (non-hydrogen) atoms. The molecule has 1 aliphatic heterocycles. The lowest BCUT2D eigenvalue weighted by Crippen LogP contribution is -2.46. The third-order valence-corrected chi connectivity index (χ3v) is 4.73. The molecule has 2 heterocycles. The van der Waals surface area contributed by atoms with Gasteiger partial charge < -0.3 is 14.6 Å². The van der Waals surface area contributed by atoms with Gasteiger partial charge in [0.2, 0.25) is 10.0 Å². The molecule has 1 amide bonds. The van der Waals surface area contributed by atoms with Crippen LogP contribution in [0.1, 0.15) is 5.76 Å². The van der Waals surface area contributed by atoms with Crippen molar-refractivity contribution in [1.29, 1.82) is 5.26 Å². The first-order valence-electron chi connectivity index (χ1n) is 7.02. The summed E-state index contributed by atoms with van der Waals surface area (Å²) in [5.74, 6) is 0.104. The van der Waals surface area contributed by atoms with Gasteiger partial charge in [0.15, 0.2) is 0 Å². The highest BCUT2D eigenvalue weighted by molar-refractivity contribution is 7.88. The summed E-state index contributed by atoms with van der Waals surface area (Å²) >= 11 is 0. The van der Waals surface area contributed by atoms with Crippen LogP contribution in [0.15, 0.2) is 34.6 Å². The molecule has 1 aromatic heterocycles. The molecule has 9 heteroatoms. The quantitative estimate of drug-likeness (QED) is 0.592. The lowest BCUT2D eigenvalue weighted by Gasteiger charge is -2.32. The fraction of sp³-hybridized carbons (Fsp3) is 0.429. The zero-order valence-electron chi connectivity index (χ0n) is 12.7. The molecule has 0 bridgehead atoms. The van der Waals surface area contributed by atoms with Crippen molar-refractivity contribution < 1.29 is 17.6 Å². The number of hydrogen-bond acceptors (Lipinski definition) is 6. The summed E-state index contributed by atoms with van der Waals surface area (Å²) in [6.07, 6.45) is 4.14. The summed E-state index contributed by atoms with van der Waals surface area (Å²) in [4.78, 5) is 13.8. The van der Waals surface area contributed by atoms with Crippen LogP contribution in [0.2, 0.25) is 0 Å². The van der Waals surface area contributed by atoms with E-state index in [2.05, 4.69) is 5.32 Å². The number of carbonyl (C=O) groups excluding carboxylic acids is 1. The topological polar surface area (TPSA) is 107 Å². The van der Waals surface area contributed by atoms with E-state index in [4.69, 9.17) is 9.68 Å². The maximum atomic E-state index is 12.0. The SMILES string of the molecule is CS(=O)(=O)N1CCN(/C=C(/C#N)C(=O)NCc2ccco2)CC1. The Morgan fingerprint density at radius 2 is 2.13 bits per heavy atom. The van der Waals surface area contributed by atoms with Crippen LogP contribution in [0.5, 0.6) is 0 Å². The van der Waals surface area contributed by atoms with Crippen LogP contribution in [0.3, 0.4) is 0 Å². The monoisotopic (exact) mass is 338 g/mol. The second-order valence-electron chi connectivity index (χ2n) is 5.11. The van der Waals surface area contributed by atoms with Crippen molar-refractivity contribution in [2.75, 3.05) is 32.4 Å². The predicted molar refractivity (Wildman–Crippen MR) is 82.2 cm³/mol. The van der Waals surface area contributed by atoms with Gasteiger partial charge >= 0.3 is 0 Å². The molecular weight excluding hydrogens is 320 g/mol. The van der Waals surface area contributed by atoms with Crippen molar-refractivity contribution >= 4 is 15.9 Å². The Kier molecular flexibility index (Phi) is 5.41. The second kappa shape index (κ2) is 7.30. The van der Waals surface area contributed by atoms with Crippen molar-refractivity contribution in [3.8, 4) is 6.07 Å². The second-order valence-corrected chi connectivity index (χ2v) is 7.10. The summed E-state index contributed by atoms with van der Waals surface area (Å²) in [7, 11) is -3.20. The Morgan fingerprint density at radius 3 is 2.65 bits per heavy atom. The number of rotatable bonds is 5. The van der Waals surface area contributed by atoms with Gasteiger partial charge in [0, 0.05) is 32.4 Å². The van der Waals surface area contributed by atoms with Crippen LogP contribution in [0.4, 0.5) is 0 Å². The van der Waals surface area contributed by atoms with Gasteiger partial charge in [0.1, 0.15) is 17.4 Å². The molecular formula is C14H18N4O4S. The summed E-state index contributed by atoms with van der Waals surface area (Å²) in [5.41, 5.74) is -0.0237. The highest BCUT2D eigenvalue weighted by atomic mass is 32.2. The van der Waals surface area contributed by atoms with Crippen molar-refractivity contribution in [2.24, 2.45) is 0 Å². The number of sulfonamides is 1. The zero-order valence-corrected chi connectivity index (χ0v) is 13.5. The molecule has 0 radical (unpaired) electrons. The minimum atomic E-state index is -3.20. The van der Waals surface area contributed by atoms with E-state index < -0.39 is 15.9 Å². The fourth-order valence-corrected chi connectivity index (χ4v) is 2.99. The van der Waals surface area contributed by atoms with Gasteiger partial charge in [-0.1, -0.05) is 0 Å². The summed E-state index contributed by atoms with van der Waals surface area (Å²) in [6.45, 7) is 1.74. The molecule has 1 fully saturated rings. The molecule has 1 aromatic rings. The number of nitrogens with one attached hydrogen (secondary N) is 1.